The van der Waals surface area contributed by atoms with Crippen LogP contribution in [0, 0.1) is 0 Å². The zero-order chi connectivity index (χ0) is 29.5. The van der Waals surface area contributed by atoms with Crippen molar-refractivity contribution in [1.82, 2.24) is 15.2 Å². The van der Waals surface area contributed by atoms with Crippen molar-refractivity contribution < 1.29 is 23.9 Å². The van der Waals surface area contributed by atoms with Gasteiger partial charge in [-0.25, -0.2) is 9.79 Å². The molecule has 1 aliphatic rings. The van der Waals surface area contributed by atoms with Crippen molar-refractivity contribution in [3.05, 3.63) is 113 Å². The monoisotopic (exact) mass is 580 g/mol. The highest BCUT2D eigenvalue weighted by Crippen LogP contribution is 2.35. The number of pyridine rings is 1. The summed E-state index contributed by atoms with van der Waals surface area (Å²) < 4.78 is 6.00. The Morgan fingerprint density at radius 3 is 2.55 bits per heavy atom. The summed E-state index contributed by atoms with van der Waals surface area (Å²) in [6, 6.07) is 22.0. The molecule has 0 bridgehead atoms. The Bertz CT molecular complexity index is 1630. The Morgan fingerprint density at radius 1 is 1.07 bits per heavy atom. The topological polar surface area (TPSA) is 125 Å². The summed E-state index contributed by atoms with van der Waals surface area (Å²) in [6.07, 6.45) is 5.98. The Labute approximate surface area is 247 Å². The van der Waals surface area contributed by atoms with E-state index in [0.717, 1.165) is 17.5 Å². The number of carbonyl (C=O) groups is 3. The number of carboxylic acids is 1. The molecular formula is C32H28N4O5S. The van der Waals surface area contributed by atoms with Gasteiger partial charge in [0.05, 0.1) is 16.8 Å². The molecule has 0 saturated carbocycles. The first kappa shape index (κ1) is 28.6. The quantitative estimate of drug-likeness (QED) is 0.228. The zero-order valence-corrected chi connectivity index (χ0v) is 23.6. The van der Waals surface area contributed by atoms with Gasteiger partial charge in [-0.2, -0.15) is 0 Å². The second-order valence-electron chi connectivity index (χ2n) is 9.51. The summed E-state index contributed by atoms with van der Waals surface area (Å²) in [6.45, 7) is 2.55. The molecule has 0 radical (unpaired) electrons. The smallest absolute Gasteiger partial charge is 0.326 e. The van der Waals surface area contributed by atoms with Crippen molar-refractivity contribution in [2.24, 2.45) is 4.99 Å². The summed E-state index contributed by atoms with van der Waals surface area (Å²) in [5.41, 5.74) is 2.54. The number of benzene rings is 2. The van der Waals surface area contributed by atoms with Gasteiger partial charge in [-0.3, -0.25) is 19.5 Å². The number of carbonyl (C=O) groups excluding carboxylic acids is 2. The lowest BCUT2D eigenvalue weighted by Crippen LogP contribution is -2.42. The number of amidine groups is 1. The van der Waals surface area contributed by atoms with Crippen LogP contribution in [0.3, 0.4) is 0 Å². The number of furan rings is 1. The van der Waals surface area contributed by atoms with E-state index in [4.69, 9.17) is 4.42 Å². The second kappa shape index (κ2) is 13.1. The zero-order valence-electron chi connectivity index (χ0n) is 22.8. The Balaban J connectivity index is 1.28. The summed E-state index contributed by atoms with van der Waals surface area (Å²) in [4.78, 5) is 48.5. The van der Waals surface area contributed by atoms with Gasteiger partial charge in [-0.1, -0.05) is 49.4 Å². The van der Waals surface area contributed by atoms with Crippen LogP contribution in [0.15, 0.2) is 106 Å². The first-order chi connectivity index (χ1) is 20.4. The average molecular weight is 581 g/mol. The van der Waals surface area contributed by atoms with Crippen LogP contribution >= 0.6 is 11.8 Å². The number of nitrogens with zero attached hydrogens (tertiary/aromatic N) is 3. The third-order valence-corrected chi connectivity index (χ3v) is 7.43. The minimum atomic E-state index is -1.10. The van der Waals surface area contributed by atoms with Crippen molar-refractivity contribution >= 4 is 46.5 Å². The van der Waals surface area contributed by atoms with E-state index >= 15 is 0 Å². The number of hydrogen-bond acceptors (Lipinski definition) is 7. The molecule has 42 heavy (non-hydrogen) atoms. The molecule has 10 heteroatoms. The minimum Gasteiger partial charge on any atom is -0.480 e. The maximum absolute atomic E-state index is 13.1. The Hall–Kier alpha value is -4.96. The molecule has 4 aromatic rings. The summed E-state index contributed by atoms with van der Waals surface area (Å²) in [5.74, 6) is -0.650. The van der Waals surface area contributed by atoms with E-state index in [0.29, 0.717) is 39.4 Å². The van der Waals surface area contributed by atoms with E-state index in [9.17, 15) is 19.5 Å². The number of nitrogens with one attached hydrogen (secondary N) is 1. The van der Waals surface area contributed by atoms with Crippen LogP contribution in [0.1, 0.15) is 35.0 Å². The summed E-state index contributed by atoms with van der Waals surface area (Å²) in [5, 5.41) is 12.8. The van der Waals surface area contributed by atoms with Gasteiger partial charge in [0.2, 0.25) is 0 Å². The maximum Gasteiger partial charge on any atom is 0.326 e. The van der Waals surface area contributed by atoms with E-state index in [2.05, 4.69) is 15.3 Å². The average Bonchev–Trinajstić information content (AvgIpc) is 3.58. The number of aromatic nitrogens is 1. The SMILES string of the molecule is CCCN1C(=O)/C(=C/c2ccc(-c3ccc(C(=O)N[C@@H](Cc4ccccc4)C(=O)O)cc3)o2)SC1=Nc1cccnc1. The first-order valence-electron chi connectivity index (χ1n) is 13.4. The van der Waals surface area contributed by atoms with E-state index in [-0.39, 0.29) is 12.3 Å². The fourth-order valence-electron chi connectivity index (χ4n) is 4.33. The van der Waals surface area contributed by atoms with Crippen LogP contribution in [0.4, 0.5) is 5.69 Å². The van der Waals surface area contributed by atoms with E-state index in [1.54, 1.807) is 65.8 Å². The highest BCUT2D eigenvalue weighted by Gasteiger charge is 2.33. The highest BCUT2D eigenvalue weighted by molar-refractivity contribution is 8.18. The fourth-order valence-corrected chi connectivity index (χ4v) is 5.34. The number of hydrogen-bond donors (Lipinski definition) is 2. The molecule has 1 atom stereocenters. The minimum absolute atomic E-state index is 0.135. The summed E-state index contributed by atoms with van der Waals surface area (Å²) >= 11 is 1.29. The van der Waals surface area contributed by atoms with Crippen LogP contribution in [0.5, 0.6) is 0 Å². The van der Waals surface area contributed by atoms with E-state index < -0.39 is 17.9 Å². The van der Waals surface area contributed by atoms with E-state index in [1.165, 1.54) is 11.8 Å². The number of thioether (sulfide) groups is 1. The van der Waals surface area contributed by atoms with Gasteiger partial charge < -0.3 is 14.8 Å². The molecule has 1 saturated heterocycles. The molecule has 9 nitrogen and oxygen atoms in total. The third-order valence-electron chi connectivity index (χ3n) is 6.42. The molecule has 5 rings (SSSR count). The molecule has 2 amide bonds. The highest BCUT2D eigenvalue weighted by atomic mass is 32.2. The van der Waals surface area contributed by atoms with Gasteiger partial charge in [0, 0.05) is 36.4 Å². The molecule has 1 aliphatic heterocycles. The van der Waals surface area contributed by atoms with Gasteiger partial charge in [0.1, 0.15) is 17.6 Å². The molecule has 212 valence electrons. The summed E-state index contributed by atoms with van der Waals surface area (Å²) in [7, 11) is 0. The van der Waals surface area contributed by atoms with E-state index in [1.807, 2.05) is 43.3 Å². The number of rotatable bonds is 10. The van der Waals surface area contributed by atoms with Crippen molar-refractivity contribution in [2.45, 2.75) is 25.8 Å². The molecule has 2 N–H and O–H groups in total. The molecule has 2 aromatic carbocycles. The van der Waals surface area contributed by atoms with Crippen molar-refractivity contribution in [2.75, 3.05) is 6.54 Å². The van der Waals surface area contributed by atoms with Crippen LogP contribution in [-0.2, 0) is 16.0 Å². The Morgan fingerprint density at radius 2 is 1.86 bits per heavy atom. The standard InChI is InChI=1S/C32H28N4O5S/c1-2-17-36-30(38)28(42-32(36)34-24-9-6-16-33-20-24)19-25-14-15-27(41-25)22-10-12-23(13-11-22)29(37)35-26(31(39)40)18-21-7-4-3-5-8-21/h3-16,19-20,26H,2,17-18H2,1H3,(H,35,37)(H,39,40)/b28-19-,34-32?/t26-/m0/s1. The molecule has 0 spiro atoms. The molecule has 3 heterocycles. The maximum atomic E-state index is 13.1. The van der Waals surface area contributed by atoms with Gasteiger partial charge >= 0.3 is 5.97 Å². The lowest BCUT2D eigenvalue weighted by atomic mass is 10.0. The van der Waals surface area contributed by atoms with Crippen LogP contribution < -0.4 is 5.32 Å². The van der Waals surface area contributed by atoms with Gasteiger partial charge in [-0.15, -0.1) is 0 Å². The normalized spacial score (nSPS) is 15.7. The number of aliphatic imine (C=N–C) groups is 1. The Kier molecular flexibility index (Phi) is 8.93. The number of carboxylic acid groups (broad SMARTS) is 1. The molecule has 1 fully saturated rings. The lowest BCUT2D eigenvalue weighted by molar-refractivity contribution is -0.139. The first-order valence-corrected chi connectivity index (χ1v) is 14.2. The predicted octanol–water partition coefficient (Wildman–Crippen LogP) is 5.78. The number of aliphatic carboxylic acids is 1. The largest absolute Gasteiger partial charge is 0.480 e. The third kappa shape index (κ3) is 6.84. The van der Waals surface area contributed by atoms with Crippen molar-refractivity contribution in [1.29, 1.82) is 0 Å². The van der Waals surface area contributed by atoms with Crippen molar-refractivity contribution in [3.63, 3.8) is 0 Å². The van der Waals surface area contributed by atoms with Crippen LogP contribution in [0.2, 0.25) is 0 Å². The molecule has 0 unspecified atom stereocenters. The lowest BCUT2D eigenvalue weighted by Gasteiger charge is -2.15. The van der Waals surface area contributed by atoms with Crippen LogP contribution in [0.25, 0.3) is 17.4 Å². The van der Waals surface area contributed by atoms with Gasteiger partial charge in [-0.05, 0) is 60.1 Å². The molecular weight excluding hydrogens is 552 g/mol. The molecule has 0 aliphatic carbocycles. The predicted molar refractivity (Wildman–Crippen MR) is 162 cm³/mol. The molecule has 2 aromatic heterocycles. The van der Waals surface area contributed by atoms with Crippen LogP contribution in [-0.4, -0.2) is 50.5 Å². The number of amides is 2. The van der Waals surface area contributed by atoms with Gasteiger partial charge in [0.25, 0.3) is 11.8 Å². The van der Waals surface area contributed by atoms with Crippen molar-refractivity contribution in [3.8, 4) is 11.3 Å². The fraction of sp³-hybridized carbons (Fsp3) is 0.156. The van der Waals surface area contributed by atoms with Gasteiger partial charge in [0.15, 0.2) is 5.17 Å². The second-order valence-corrected chi connectivity index (χ2v) is 10.5.